The molecule has 7 atom stereocenters. The maximum Gasteiger partial charge on any atom is 0.330 e. The second kappa shape index (κ2) is 27.8. The Kier molecular flexibility index (Phi) is 20.8. The monoisotopic (exact) mass is 1060 g/mol. The van der Waals surface area contributed by atoms with Gasteiger partial charge in [-0.05, 0) is 73.1 Å². The summed E-state index contributed by atoms with van der Waals surface area (Å²) in [7, 11) is 0. The minimum atomic E-state index is -1.70. The Morgan fingerprint density at radius 2 is 0.910 bits per heavy atom. The van der Waals surface area contributed by atoms with Crippen molar-refractivity contribution in [2.45, 2.75) is 104 Å². The van der Waals surface area contributed by atoms with Gasteiger partial charge in [0.25, 0.3) is 0 Å². The van der Waals surface area contributed by atoms with Crippen molar-refractivity contribution in [1.82, 2.24) is 42.2 Å². The number of H-pyrrole nitrogens is 1. The van der Waals surface area contributed by atoms with Gasteiger partial charge in [-0.1, -0.05) is 136 Å². The summed E-state index contributed by atoms with van der Waals surface area (Å²) in [4.78, 5) is 130. The molecule has 1 fully saturated rings. The summed E-state index contributed by atoms with van der Waals surface area (Å²) in [5, 5.41) is 19.3. The molecule has 1 aliphatic heterocycles. The third-order valence-electron chi connectivity index (χ3n) is 12.9. The molecular formula is C59H68N8O11. The number of hydrogen-bond acceptors (Lipinski definition) is 11. The number of aromatic nitrogens is 1. The lowest BCUT2D eigenvalue weighted by Crippen LogP contribution is -2.62. The van der Waals surface area contributed by atoms with Gasteiger partial charge in [0.1, 0.15) is 55.5 Å². The van der Waals surface area contributed by atoms with Crippen molar-refractivity contribution < 1.29 is 52.6 Å². The van der Waals surface area contributed by atoms with E-state index in [0.717, 1.165) is 23.3 Å². The topological polar surface area (TPSA) is 272 Å². The van der Waals surface area contributed by atoms with Crippen LogP contribution in [0.3, 0.4) is 0 Å². The van der Waals surface area contributed by atoms with Gasteiger partial charge >= 0.3 is 11.9 Å². The number of fused-ring (bicyclic) bond motifs is 1. The predicted octanol–water partition coefficient (Wildman–Crippen LogP) is 3.82. The Balaban J connectivity index is 1.39. The number of ether oxygens (including phenoxy) is 2. The lowest BCUT2D eigenvalue weighted by atomic mass is 9.99. The van der Waals surface area contributed by atoms with Crippen LogP contribution in [0.15, 0.2) is 121 Å². The van der Waals surface area contributed by atoms with Crippen LogP contribution in [0, 0.1) is 25.7 Å². The fraction of sp³-hybridized carbons (Fsp3) is 0.339. The van der Waals surface area contributed by atoms with Crippen molar-refractivity contribution in [3.8, 4) is 0 Å². The molecule has 0 saturated carbocycles. The number of aromatic amines is 1. The summed E-state index contributed by atoms with van der Waals surface area (Å²) >= 11 is 0. The van der Waals surface area contributed by atoms with Crippen LogP contribution in [0.4, 0.5) is 0 Å². The van der Waals surface area contributed by atoms with Crippen LogP contribution in [0.5, 0.6) is 0 Å². The molecular weight excluding hydrogens is 997 g/mol. The highest BCUT2D eigenvalue weighted by atomic mass is 16.5. The number of esters is 2. The number of hydrogen-bond donors (Lipinski definition) is 8. The van der Waals surface area contributed by atoms with Gasteiger partial charge < -0.3 is 51.7 Å². The molecule has 7 amide bonds. The molecule has 0 spiro atoms. The second-order valence-corrected chi connectivity index (χ2v) is 19.9. The quantitative estimate of drug-likeness (QED) is 0.0585. The zero-order valence-electron chi connectivity index (χ0n) is 44.7. The van der Waals surface area contributed by atoms with Crippen molar-refractivity contribution in [3.63, 3.8) is 0 Å². The Hall–Kier alpha value is -8.87. The normalized spacial score (nSPS) is 21.4. The first kappa shape index (κ1) is 58.4. The second-order valence-electron chi connectivity index (χ2n) is 19.9. The number of para-hydroxylation sites is 1. The van der Waals surface area contributed by atoms with Crippen molar-refractivity contribution in [2.75, 3.05) is 13.2 Å². The van der Waals surface area contributed by atoms with Gasteiger partial charge in [0.2, 0.25) is 41.4 Å². The molecule has 8 N–H and O–H groups in total. The molecule has 5 aromatic rings. The van der Waals surface area contributed by atoms with Crippen LogP contribution < -0.4 is 37.2 Å². The molecule has 2 heterocycles. The molecule has 0 radical (unpaired) electrons. The molecule has 0 bridgehead atoms. The van der Waals surface area contributed by atoms with Gasteiger partial charge in [-0.2, -0.15) is 0 Å². The molecule has 19 heteroatoms. The summed E-state index contributed by atoms with van der Waals surface area (Å²) < 4.78 is 11.1. The first-order chi connectivity index (χ1) is 37.2. The Bertz CT molecular complexity index is 3010. The van der Waals surface area contributed by atoms with Gasteiger partial charge in [-0.3, -0.25) is 33.6 Å². The van der Waals surface area contributed by atoms with E-state index >= 15 is 0 Å². The van der Waals surface area contributed by atoms with Crippen molar-refractivity contribution >= 4 is 76.3 Å². The van der Waals surface area contributed by atoms with Gasteiger partial charge in [-0.25, -0.2) is 9.59 Å². The van der Waals surface area contributed by atoms with Gasteiger partial charge in [-0.15, -0.1) is 0 Å². The highest BCUT2D eigenvalue weighted by Crippen LogP contribution is 2.20. The SMILES string of the molecule is Cc1ccc(/C=C/C(=O)OC[C@@H]2NC(=O)[C@@H](Cc3c[nH]c4ccccc34)NC(=O)[C@@H](COC(=O)/C=C/c3ccc(C)cc3)NC(=O)[C@@H](C(C)C)NC(=O)[C@H](Cc3ccccc3)NC(=O)[C@@H](C(C)C)NC(=O)[C@@H](C)NC2=O)cc1. The van der Waals surface area contributed by atoms with Crippen molar-refractivity contribution in [2.24, 2.45) is 11.8 Å². The standard InChI is InChI=1S/C59H68N8O11/c1-34(2)51-58(75)63-45(29-41-13-9-8-10-14-41)55(72)67-52(35(3)4)59(76)65-48(33-78-50(69)28-26-40-23-19-37(6)20-24-40)57(74)62-46(30-42-31-60-44-16-12-11-15-43(42)44)54(71)64-47(56(73)61-38(7)53(70)66-51)32-77-49(68)27-25-39-21-17-36(5)18-22-39/h8-28,31,34-35,38,45-48,51-52,60H,29-30,32-33H2,1-7H3,(H,61,73)(H,62,74)(H,63,75)(H,64,71)(H,65,76)(H,66,70)(H,67,72)/b27-25+,28-26+/t38-,45+,46-,47+,48-,51-,52-/m1/s1. The number of carbonyl (C=O) groups excluding carboxylic acids is 9. The average Bonchev–Trinajstić information content (AvgIpc) is 3.83. The lowest BCUT2D eigenvalue weighted by Gasteiger charge is -2.29. The molecule has 0 unspecified atom stereocenters. The lowest BCUT2D eigenvalue weighted by molar-refractivity contribution is -0.143. The Labute approximate surface area is 453 Å². The van der Waals surface area contributed by atoms with Crippen LogP contribution in [0.25, 0.3) is 23.1 Å². The van der Waals surface area contributed by atoms with E-state index in [0.29, 0.717) is 33.2 Å². The van der Waals surface area contributed by atoms with Crippen molar-refractivity contribution in [1.29, 1.82) is 0 Å². The zero-order chi connectivity index (χ0) is 56.5. The van der Waals surface area contributed by atoms with Crippen LogP contribution >= 0.6 is 0 Å². The van der Waals surface area contributed by atoms with E-state index < -0.39 is 121 Å². The summed E-state index contributed by atoms with van der Waals surface area (Å²) in [5.74, 6) is -9.11. The van der Waals surface area contributed by atoms with E-state index in [2.05, 4.69) is 42.2 Å². The smallest absolute Gasteiger partial charge is 0.330 e. The molecule has 6 rings (SSSR count). The maximum atomic E-state index is 14.8. The summed E-state index contributed by atoms with van der Waals surface area (Å²) in [6.07, 6.45) is 6.69. The first-order valence-corrected chi connectivity index (χ1v) is 25.8. The number of benzene rings is 4. The minimum absolute atomic E-state index is 0.0420. The zero-order valence-corrected chi connectivity index (χ0v) is 44.7. The molecule has 4 aromatic carbocycles. The van der Waals surface area contributed by atoms with E-state index in [4.69, 9.17) is 9.47 Å². The van der Waals surface area contributed by atoms with E-state index in [1.54, 1.807) is 107 Å². The van der Waals surface area contributed by atoms with Gasteiger partial charge in [0, 0.05) is 42.1 Å². The fourth-order valence-corrected chi connectivity index (χ4v) is 8.31. The van der Waals surface area contributed by atoms with Crippen molar-refractivity contribution in [3.05, 3.63) is 155 Å². The maximum absolute atomic E-state index is 14.8. The van der Waals surface area contributed by atoms with Gasteiger partial charge in [0.15, 0.2) is 0 Å². The predicted molar refractivity (Wildman–Crippen MR) is 293 cm³/mol. The molecule has 1 saturated heterocycles. The van der Waals surface area contributed by atoms with E-state index in [-0.39, 0.29) is 12.8 Å². The largest absolute Gasteiger partial charge is 0.460 e. The molecule has 1 aliphatic rings. The molecule has 410 valence electrons. The van der Waals surface area contributed by atoms with Crippen LogP contribution in [-0.4, -0.2) is 114 Å². The third-order valence-corrected chi connectivity index (χ3v) is 12.9. The average molecular weight is 1070 g/mol. The minimum Gasteiger partial charge on any atom is -0.460 e. The number of carbonyl (C=O) groups is 9. The number of amides is 7. The fourth-order valence-electron chi connectivity index (χ4n) is 8.31. The Morgan fingerprint density at radius 3 is 1.45 bits per heavy atom. The number of nitrogens with one attached hydrogen (secondary N) is 8. The number of aryl methyl sites for hydroxylation is 2. The first-order valence-electron chi connectivity index (χ1n) is 25.8. The summed E-state index contributed by atoms with van der Waals surface area (Å²) in [6, 6.07) is 20.3. The highest BCUT2D eigenvalue weighted by Gasteiger charge is 2.37. The molecule has 19 nitrogen and oxygen atoms in total. The molecule has 0 aliphatic carbocycles. The van der Waals surface area contributed by atoms with Gasteiger partial charge in [0.05, 0.1) is 0 Å². The molecule has 1 aromatic heterocycles. The van der Waals surface area contributed by atoms with E-state index in [1.165, 1.54) is 19.1 Å². The van der Waals surface area contributed by atoms with Crippen LogP contribution in [0.2, 0.25) is 0 Å². The summed E-state index contributed by atoms with van der Waals surface area (Å²) in [6.45, 7) is 10.3. The Morgan fingerprint density at radius 1 is 0.487 bits per heavy atom. The van der Waals surface area contributed by atoms with E-state index in [1.807, 2.05) is 44.2 Å². The third kappa shape index (κ3) is 17.1. The summed E-state index contributed by atoms with van der Waals surface area (Å²) in [5.41, 5.74) is 5.28. The van der Waals surface area contributed by atoms with Crippen LogP contribution in [0.1, 0.15) is 68.0 Å². The molecule has 78 heavy (non-hydrogen) atoms. The number of rotatable bonds is 14. The highest BCUT2D eigenvalue weighted by molar-refractivity contribution is 5.99. The van der Waals surface area contributed by atoms with E-state index in [9.17, 15) is 43.2 Å². The van der Waals surface area contributed by atoms with Crippen LogP contribution in [-0.2, 0) is 65.5 Å².